The molecule has 6 heterocycles. The van der Waals surface area contributed by atoms with E-state index in [0.29, 0.717) is 70.5 Å². The normalized spacial score (nSPS) is 20.0. The van der Waals surface area contributed by atoms with Crippen molar-refractivity contribution in [2.45, 2.75) is 62.3 Å². The fourth-order valence-corrected chi connectivity index (χ4v) is 10.9. The van der Waals surface area contributed by atoms with Crippen molar-refractivity contribution in [3.63, 3.8) is 0 Å². The van der Waals surface area contributed by atoms with Gasteiger partial charge in [0.2, 0.25) is 27.7 Å². The first-order valence-corrected chi connectivity index (χ1v) is 26.7. The minimum absolute atomic E-state index is 0.00148. The standard InChI is InChI=1S/C52H59ClFN7O13S/c1-60(2)14-3-4-36(62)24-34-25-40-42(28-44(34)73-38-10-17-70-29-38)55-32-56-48(40)57-35-26-39(46(54)41(53)27-35)33-5-7-37(8-6-33)72-21-20-68-18-19-69-22-23-75(66,67)61-15-12-52(65,13-16-61)50-58-43-30-71-31-51(47(43)74-50)11-9-45(63)59-49(51)64/h3-8,25-28,32,38,65H,9-24,29-31H2,1-2H3,(H,55,56,57)(H,59,63,64)/b4-3+. The number of ether oxygens (including phenoxy) is 6. The summed E-state index contributed by atoms with van der Waals surface area (Å²) in [7, 11) is 0.131. The van der Waals surface area contributed by atoms with Crippen molar-refractivity contribution in [3.8, 4) is 22.6 Å². The first-order chi connectivity index (χ1) is 36.1. The molecule has 4 aliphatic heterocycles. The average Bonchev–Trinajstić information content (AvgIpc) is 4.10. The minimum Gasteiger partial charge on any atom is -0.491 e. The number of benzene rings is 3. The highest BCUT2D eigenvalue weighted by molar-refractivity contribution is 7.89. The largest absolute Gasteiger partial charge is 0.491 e. The molecule has 3 N–H and O–H groups in total. The fraction of sp³-hybridized carbons (Fsp3) is 0.462. The van der Waals surface area contributed by atoms with Crippen LogP contribution in [0.2, 0.25) is 5.02 Å². The third-order valence-electron chi connectivity index (χ3n) is 13.5. The summed E-state index contributed by atoms with van der Waals surface area (Å²) in [5.74, 6) is -0.116. The first kappa shape index (κ1) is 53.9. The Morgan fingerprint density at radius 2 is 1.80 bits per heavy atom. The van der Waals surface area contributed by atoms with Crippen LogP contribution in [0.25, 0.3) is 22.0 Å². The highest BCUT2D eigenvalue weighted by Gasteiger charge is 2.53. The molecular weight excluding hydrogens is 1020 g/mol. The van der Waals surface area contributed by atoms with E-state index in [4.69, 9.17) is 44.4 Å². The van der Waals surface area contributed by atoms with Crippen molar-refractivity contribution in [1.29, 1.82) is 0 Å². The predicted molar refractivity (Wildman–Crippen MR) is 272 cm³/mol. The number of carbonyl (C=O) groups is 3. The molecule has 23 heteroatoms. The fourth-order valence-electron chi connectivity index (χ4n) is 9.34. The smallest absolute Gasteiger partial charge is 0.242 e. The number of nitrogens with one attached hydrogen (secondary N) is 2. The van der Waals surface area contributed by atoms with Crippen molar-refractivity contribution in [2.75, 3.05) is 97.7 Å². The number of aliphatic hydroxyl groups is 1. The number of fused-ring (bicyclic) bond motifs is 3. The van der Waals surface area contributed by atoms with E-state index in [1.165, 1.54) is 16.7 Å². The number of carbonyl (C=O) groups excluding carboxylic acids is 3. The molecule has 3 aromatic carbocycles. The summed E-state index contributed by atoms with van der Waals surface area (Å²) >= 11 is 6.46. The van der Waals surface area contributed by atoms with E-state index in [2.05, 4.69) is 25.6 Å². The zero-order chi connectivity index (χ0) is 52.7. The highest BCUT2D eigenvalue weighted by atomic mass is 35.5. The Morgan fingerprint density at radius 1 is 1.03 bits per heavy atom. The first-order valence-electron chi connectivity index (χ1n) is 24.7. The molecule has 5 aromatic rings. The third kappa shape index (κ3) is 12.7. The number of ketones is 1. The summed E-state index contributed by atoms with van der Waals surface area (Å²) in [5, 5.41) is 17.7. The zero-order valence-corrected chi connectivity index (χ0v) is 43.2. The molecule has 400 valence electrons. The molecule has 9 rings (SSSR count). The second kappa shape index (κ2) is 23.5. The number of hydrogen-bond donors (Lipinski definition) is 3. The summed E-state index contributed by atoms with van der Waals surface area (Å²) in [5.41, 5.74) is 0.0982. The quantitative estimate of drug-likeness (QED) is 0.0461. The summed E-state index contributed by atoms with van der Waals surface area (Å²) in [6.45, 7) is 2.51. The summed E-state index contributed by atoms with van der Waals surface area (Å²) in [6.07, 6.45) is 5.81. The van der Waals surface area contributed by atoms with Crippen molar-refractivity contribution < 1.29 is 65.1 Å². The SMILES string of the molecule is CN(C)C/C=C/C(=O)Cc1cc2c(Nc3cc(Cl)c(F)c(-c4ccc(OCCOCCOCCS(=O)(=O)N5CCC(O)(c6nc7c(o6)C6(CCC(=O)NC6=O)COC7)CC5)cc4)c3)ncnc2cc1OC1CCOC1. The maximum absolute atomic E-state index is 15.6. The number of likely N-dealkylation sites (N-methyl/N-ethyl adjacent to an activating group) is 1. The number of amides is 2. The zero-order valence-electron chi connectivity index (χ0n) is 41.6. The summed E-state index contributed by atoms with van der Waals surface area (Å²) in [4.78, 5) is 53.2. The van der Waals surface area contributed by atoms with Crippen LogP contribution in [0.1, 0.15) is 55.0 Å². The van der Waals surface area contributed by atoms with Gasteiger partial charge in [-0.15, -0.1) is 0 Å². The third-order valence-corrected chi connectivity index (χ3v) is 15.6. The number of oxazole rings is 1. The molecule has 20 nitrogen and oxygen atoms in total. The van der Waals surface area contributed by atoms with Gasteiger partial charge in [-0.3, -0.25) is 19.7 Å². The molecule has 75 heavy (non-hydrogen) atoms. The number of rotatable bonds is 22. The van der Waals surface area contributed by atoms with Gasteiger partial charge < -0.3 is 48.2 Å². The van der Waals surface area contributed by atoms with Crippen LogP contribution < -0.4 is 20.1 Å². The number of hydrogen-bond acceptors (Lipinski definition) is 18. The lowest BCUT2D eigenvalue weighted by molar-refractivity contribution is -0.142. The van der Waals surface area contributed by atoms with Gasteiger partial charge in [-0.05, 0) is 75.3 Å². The number of nitrogens with zero attached hydrogens (tertiary/aromatic N) is 5. The number of aromatic nitrogens is 3. The number of anilines is 2. The molecule has 2 atom stereocenters. The lowest BCUT2D eigenvalue weighted by Gasteiger charge is -2.36. The summed E-state index contributed by atoms with van der Waals surface area (Å²) < 4.78 is 83.8. The van der Waals surface area contributed by atoms with Gasteiger partial charge in [-0.2, -0.15) is 0 Å². The molecule has 3 fully saturated rings. The Balaban J connectivity index is 0.721. The van der Waals surface area contributed by atoms with Gasteiger partial charge in [0.05, 0.1) is 69.1 Å². The van der Waals surface area contributed by atoms with Crippen molar-refractivity contribution >= 4 is 61.6 Å². The van der Waals surface area contributed by atoms with Crippen molar-refractivity contribution in [3.05, 3.63) is 101 Å². The second-order valence-electron chi connectivity index (χ2n) is 19.1. The lowest BCUT2D eigenvalue weighted by atomic mass is 9.76. The molecule has 2 unspecified atom stereocenters. The van der Waals surface area contributed by atoms with Crippen LogP contribution in [-0.2, 0) is 67.4 Å². The molecule has 2 aromatic heterocycles. The van der Waals surface area contributed by atoms with Crippen LogP contribution in [-0.4, -0.2) is 154 Å². The number of imide groups is 1. The average molecular weight is 1080 g/mol. The van der Waals surface area contributed by atoms with Gasteiger partial charge in [-0.1, -0.05) is 29.8 Å². The van der Waals surface area contributed by atoms with E-state index in [0.717, 1.165) is 6.42 Å². The van der Waals surface area contributed by atoms with Crippen LogP contribution >= 0.6 is 11.6 Å². The van der Waals surface area contributed by atoms with Gasteiger partial charge in [0.25, 0.3) is 0 Å². The molecular formula is C52H59ClFN7O13S. The Kier molecular flexibility index (Phi) is 16.9. The van der Waals surface area contributed by atoms with Crippen LogP contribution in [0, 0.1) is 5.82 Å². The van der Waals surface area contributed by atoms with Gasteiger partial charge >= 0.3 is 0 Å². The van der Waals surface area contributed by atoms with E-state index < -0.39 is 32.8 Å². The predicted octanol–water partition coefficient (Wildman–Crippen LogP) is 5.15. The Hall–Kier alpha value is -5.95. The molecule has 1 spiro atoms. The van der Waals surface area contributed by atoms with Crippen molar-refractivity contribution in [2.24, 2.45) is 0 Å². The van der Waals surface area contributed by atoms with E-state index in [-0.39, 0.29) is 137 Å². The molecule has 3 saturated heterocycles. The molecule has 0 radical (unpaired) electrons. The van der Waals surface area contributed by atoms with E-state index in [1.54, 1.807) is 42.5 Å². The number of piperidine rings is 2. The van der Waals surface area contributed by atoms with Crippen LogP contribution in [0.5, 0.6) is 11.5 Å². The van der Waals surface area contributed by atoms with Gasteiger partial charge in [0, 0.05) is 67.2 Å². The highest BCUT2D eigenvalue weighted by Crippen LogP contribution is 2.43. The Morgan fingerprint density at radius 3 is 2.55 bits per heavy atom. The molecule has 0 aliphatic carbocycles. The van der Waals surface area contributed by atoms with E-state index >= 15 is 4.39 Å². The molecule has 0 saturated carbocycles. The topological polar surface area (TPSA) is 243 Å². The van der Waals surface area contributed by atoms with E-state index in [9.17, 15) is 27.9 Å². The Labute approximate surface area is 437 Å². The number of sulfonamides is 1. The second-order valence-corrected chi connectivity index (χ2v) is 21.6. The molecule has 2 amide bonds. The molecule has 0 bridgehead atoms. The van der Waals surface area contributed by atoms with E-state index in [1.807, 2.05) is 31.1 Å². The maximum atomic E-state index is 15.6. The maximum Gasteiger partial charge on any atom is 0.242 e. The number of halogens is 2. The van der Waals surface area contributed by atoms with Crippen LogP contribution in [0.3, 0.4) is 0 Å². The van der Waals surface area contributed by atoms with Crippen molar-refractivity contribution in [1.82, 2.24) is 29.5 Å². The van der Waals surface area contributed by atoms with Gasteiger partial charge in [0.1, 0.15) is 64.6 Å². The minimum atomic E-state index is -3.72. The number of allylic oxidation sites excluding steroid dienone is 1. The van der Waals surface area contributed by atoms with Gasteiger partial charge in [-0.25, -0.2) is 32.1 Å². The van der Waals surface area contributed by atoms with Crippen LogP contribution in [0.15, 0.2) is 71.4 Å². The van der Waals surface area contributed by atoms with Gasteiger partial charge in [0.15, 0.2) is 5.78 Å². The lowest BCUT2D eigenvalue weighted by Crippen LogP contribution is -2.55. The molecule has 4 aliphatic rings. The summed E-state index contributed by atoms with van der Waals surface area (Å²) in [6, 6.07) is 13.6. The van der Waals surface area contributed by atoms with Crippen LogP contribution in [0.4, 0.5) is 15.9 Å². The Bertz CT molecular complexity index is 3040. The monoisotopic (exact) mass is 1080 g/mol.